The van der Waals surface area contributed by atoms with Crippen LogP contribution in [0.15, 0.2) is 17.2 Å². The van der Waals surface area contributed by atoms with Gasteiger partial charge in [-0.1, -0.05) is 12.8 Å². The lowest BCUT2D eigenvalue weighted by Crippen LogP contribution is -2.31. The molecule has 0 radical (unpaired) electrons. The molecule has 0 spiro atoms. The molecule has 1 aromatic rings. The Hall–Kier alpha value is -0.850. The molecule has 3 rings (SSSR count). The predicted molar refractivity (Wildman–Crippen MR) is 77.8 cm³/mol. The van der Waals surface area contributed by atoms with E-state index in [0.29, 0.717) is 30.6 Å². The summed E-state index contributed by atoms with van der Waals surface area (Å²) in [6, 6.07) is 2.22. The molecule has 20 heavy (non-hydrogen) atoms. The lowest BCUT2D eigenvalue weighted by molar-refractivity contribution is 0.423. The first-order chi connectivity index (χ1) is 9.63. The summed E-state index contributed by atoms with van der Waals surface area (Å²) in [4.78, 5) is 0.423. The van der Waals surface area contributed by atoms with Crippen molar-refractivity contribution in [3.8, 4) is 0 Å². The molecule has 0 bridgehead atoms. The summed E-state index contributed by atoms with van der Waals surface area (Å²) >= 11 is 0. The lowest BCUT2D eigenvalue weighted by Gasteiger charge is -2.18. The van der Waals surface area contributed by atoms with E-state index >= 15 is 0 Å². The Morgan fingerprint density at radius 2 is 1.80 bits per heavy atom. The molecule has 1 saturated heterocycles. The SMILES string of the molecule is NCc1cc(S(=O)(=O)N2CCCCCC2)cn1C1CC1. The summed E-state index contributed by atoms with van der Waals surface area (Å²) in [5.74, 6) is 0. The number of sulfonamides is 1. The van der Waals surface area contributed by atoms with Crippen LogP contribution in [0.3, 0.4) is 0 Å². The smallest absolute Gasteiger partial charge is 0.244 e. The van der Waals surface area contributed by atoms with Crippen LogP contribution in [0.25, 0.3) is 0 Å². The van der Waals surface area contributed by atoms with Crippen molar-refractivity contribution >= 4 is 10.0 Å². The molecule has 6 heteroatoms. The van der Waals surface area contributed by atoms with Crippen LogP contribution < -0.4 is 5.73 Å². The van der Waals surface area contributed by atoms with E-state index < -0.39 is 10.0 Å². The zero-order valence-corrected chi connectivity index (χ0v) is 12.6. The summed E-state index contributed by atoms with van der Waals surface area (Å²) in [6.07, 6.45) is 8.24. The van der Waals surface area contributed by atoms with E-state index in [1.54, 1.807) is 16.6 Å². The van der Waals surface area contributed by atoms with Crippen LogP contribution in [0, 0.1) is 0 Å². The van der Waals surface area contributed by atoms with Crippen molar-refractivity contribution in [2.45, 2.75) is 56.0 Å². The highest BCUT2D eigenvalue weighted by molar-refractivity contribution is 7.89. The van der Waals surface area contributed by atoms with Crippen LogP contribution in [0.2, 0.25) is 0 Å². The fraction of sp³-hybridized carbons (Fsp3) is 0.714. The van der Waals surface area contributed by atoms with Crippen LogP contribution in [-0.4, -0.2) is 30.4 Å². The zero-order valence-electron chi connectivity index (χ0n) is 11.8. The third-order valence-electron chi connectivity index (χ3n) is 4.26. The van der Waals surface area contributed by atoms with Crippen molar-refractivity contribution in [3.05, 3.63) is 18.0 Å². The van der Waals surface area contributed by atoms with Crippen LogP contribution in [0.5, 0.6) is 0 Å². The molecule has 2 heterocycles. The van der Waals surface area contributed by atoms with Gasteiger partial charge >= 0.3 is 0 Å². The quantitative estimate of drug-likeness (QED) is 0.922. The molecular weight excluding hydrogens is 274 g/mol. The minimum atomic E-state index is -3.35. The summed E-state index contributed by atoms with van der Waals surface area (Å²) in [6.45, 7) is 1.69. The van der Waals surface area contributed by atoms with Gasteiger partial charge in [-0.15, -0.1) is 0 Å². The van der Waals surface area contributed by atoms with Crippen molar-refractivity contribution < 1.29 is 8.42 Å². The molecule has 1 aromatic heterocycles. The van der Waals surface area contributed by atoms with E-state index in [1.807, 2.05) is 0 Å². The maximum Gasteiger partial charge on any atom is 0.244 e. The second-order valence-corrected chi connectivity index (χ2v) is 7.77. The highest BCUT2D eigenvalue weighted by Crippen LogP contribution is 2.37. The monoisotopic (exact) mass is 297 g/mol. The highest BCUT2D eigenvalue weighted by atomic mass is 32.2. The van der Waals surface area contributed by atoms with Gasteiger partial charge in [0.25, 0.3) is 0 Å². The third-order valence-corrected chi connectivity index (χ3v) is 6.12. The second-order valence-electron chi connectivity index (χ2n) is 5.83. The summed E-state index contributed by atoms with van der Waals surface area (Å²) < 4.78 is 29.2. The number of nitrogens with zero attached hydrogens (tertiary/aromatic N) is 2. The Kier molecular flexibility index (Phi) is 3.88. The summed E-state index contributed by atoms with van der Waals surface area (Å²) in [5, 5.41) is 0. The van der Waals surface area contributed by atoms with Gasteiger partial charge in [0.15, 0.2) is 0 Å². The van der Waals surface area contributed by atoms with E-state index in [9.17, 15) is 8.42 Å². The normalized spacial score (nSPS) is 21.9. The number of rotatable bonds is 4. The van der Waals surface area contributed by atoms with Crippen molar-refractivity contribution in [3.63, 3.8) is 0 Å². The zero-order chi connectivity index (χ0) is 14.2. The van der Waals surface area contributed by atoms with Crippen molar-refractivity contribution in [2.75, 3.05) is 13.1 Å². The topological polar surface area (TPSA) is 68.3 Å². The molecule has 1 aliphatic heterocycles. The van der Waals surface area contributed by atoms with Gasteiger partial charge in [0.2, 0.25) is 10.0 Å². The average molecular weight is 297 g/mol. The van der Waals surface area contributed by atoms with Gasteiger partial charge in [0.1, 0.15) is 4.90 Å². The van der Waals surface area contributed by atoms with Gasteiger partial charge < -0.3 is 10.3 Å². The Labute approximate surface area is 120 Å². The molecule has 0 amide bonds. The van der Waals surface area contributed by atoms with Crippen LogP contribution in [0.4, 0.5) is 0 Å². The molecule has 0 atom stereocenters. The molecule has 112 valence electrons. The van der Waals surface area contributed by atoms with Gasteiger partial charge in [-0.3, -0.25) is 0 Å². The first-order valence-corrected chi connectivity index (χ1v) is 8.98. The van der Waals surface area contributed by atoms with Gasteiger partial charge in [-0.25, -0.2) is 8.42 Å². The van der Waals surface area contributed by atoms with Crippen LogP contribution >= 0.6 is 0 Å². The summed E-state index contributed by atoms with van der Waals surface area (Å²) in [7, 11) is -3.35. The molecule has 2 N–H and O–H groups in total. The molecule has 2 fully saturated rings. The molecular formula is C14H23N3O2S. The Morgan fingerprint density at radius 3 is 2.35 bits per heavy atom. The lowest BCUT2D eigenvalue weighted by atomic mass is 10.2. The highest BCUT2D eigenvalue weighted by Gasteiger charge is 2.30. The Bertz CT molecular complexity index is 567. The maximum absolute atomic E-state index is 12.7. The number of aromatic nitrogens is 1. The largest absolute Gasteiger partial charge is 0.346 e. The fourth-order valence-electron chi connectivity index (χ4n) is 2.93. The van der Waals surface area contributed by atoms with Crippen molar-refractivity contribution in [1.29, 1.82) is 0 Å². The average Bonchev–Trinajstić information content (AvgIpc) is 3.22. The van der Waals surface area contributed by atoms with Crippen molar-refractivity contribution in [2.24, 2.45) is 5.73 Å². The van der Waals surface area contributed by atoms with Gasteiger partial charge in [-0.05, 0) is 31.7 Å². The molecule has 1 saturated carbocycles. The molecule has 2 aliphatic rings. The third kappa shape index (κ3) is 2.64. The minimum Gasteiger partial charge on any atom is -0.346 e. The fourth-order valence-corrected chi connectivity index (χ4v) is 4.49. The van der Waals surface area contributed by atoms with E-state index in [-0.39, 0.29) is 0 Å². The first kappa shape index (κ1) is 14.1. The number of hydrogen-bond donors (Lipinski definition) is 1. The number of hydrogen-bond acceptors (Lipinski definition) is 3. The number of nitrogens with two attached hydrogens (primary N) is 1. The predicted octanol–water partition coefficient (Wildman–Crippen LogP) is 1.85. The molecule has 1 aliphatic carbocycles. The first-order valence-electron chi connectivity index (χ1n) is 7.54. The minimum absolute atomic E-state index is 0.395. The second kappa shape index (κ2) is 5.50. The van der Waals surface area contributed by atoms with Gasteiger partial charge in [0, 0.05) is 37.6 Å². The maximum atomic E-state index is 12.7. The van der Waals surface area contributed by atoms with Crippen LogP contribution in [-0.2, 0) is 16.6 Å². The Balaban J connectivity index is 1.89. The molecule has 0 unspecified atom stereocenters. The van der Waals surface area contributed by atoms with E-state index in [2.05, 4.69) is 4.57 Å². The Morgan fingerprint density at radius 1 is 1.15 bits per heavy atom. The van der Waals surface area contributed by atoms with Gasteiger partial charge in [-0.2, -0.15) is 4.31 Å². The van der Waals surface area contributed by atoms with E-state index in [4.69, 9.17) is 5.73 Å². The summed E-state index contributed by atoms with van der Waals surface area (Å²) in [5.41, 5.74) is 6.68. The standard InChI is InChI=1S/C14H23N3O2S/c15-10-13-9-14(11-17(13)12-5-6-12)20(18,19)16-7-3-1-2-4-8-16/h9,11-12H,1-8,10,15H2. The van der Waals surface area contributed by atoms with Crippen molar-refractivity contribution in [1.82, 2.24) is 8.87 Å². The van der Waals surface area contributed by atoms with E-state index in [0.717, 1.165) is 44.2 Å². The van der Waals surface area contributed by atoms with Crippen LogP contribution in [0.1, 0.15) is 50.3 Å². The van der Waals surface area contributed by atoms with E-state index in [1.165, 1.54) is 0 Å². The van der Waals surface area contributed by atoms with Gasteiger partial charge in [0.05, 0.1) is 0 Å². The molecule has 5 nitrogen and oxygen atoms in total. The molecule has 0 aromatic carbocycles.